The van der Waals surface area contributed by atoms with E-state index in [1.807, 2.05) is 0 Å². The van der Waals surface area contributed by atoms with Gasteiger partial charge in [0.05, 0.1) is 10.6 Å². The molecule has 0 bridgehead atoms. The fourth-order valence-corrected chi connectivity index (χ4v) is 3.70. The molecule has 0 atom stereocenters. The van der Waals surface area contributed by atoms with Crippen molar-refractivity contribution < 1.29 is 19.2 Å². The van der Waals surface area contributed by atoms with Crippen molar-refractivity contribution in [1.82, 2.24) is 5.32 Å². The molecule has 1 heterocycles. The van der Waals surface area contributed by atoms with Gasteiger partial charge in [-0.1, -0.05) is 39.7 Å². The predicted molar refractivity (Wildman–Crippen MR) is 127 cm³/mol. The third-order valence-electron chi connectivity index (χ3n) is 4.75. The van der Waals surface area contributed by atoms with Gasteiger partial charge in [-0.3, -0.25) is 14.9 Å². The first-order valence-corrected chi connectivity index (χ1v) is 10.8. The molecule has 0 unspecified atom stereocenters. The van der Waals surface area contributed by atoms with Crippen molar-refractivity contribution in [2.24, 2.45) is 0 Å². The smallest absolute Gasteiger partial charge is 0.333 e. The van der Waals surface area contributed by atoms with Crippen molar-refractivity contribution >= 4 is 56.9 Å². The average molecular weight is 529 g/mol. The highest BCUT2D eigenvalue weighted by molar-refractivity contribution is 9.10. The van der Waals surface area contributed by atoms with Gasteiger partial charge in [-0.15, -0.1) is 0 Å². The van der Waals surface area contributed by atoms with Crippen LogP contribution in [-0.4, -0.2) is 16.9 Å². The monoisotopic (exact) mass is 527 g/mol. The topological polar surface area (TPSA) is 102 Å². The third-order valence-corrected chi connectivity index (χ3v) is 5.50. The van der Waals surface area contributed by atoms with Gasteiger partial charge in [-0.05, 0) is 54.1 Å². The minimum Gasteiger partial charge on any atom is -0.488 e. The second-order valence-corrected chi connectivity index (χ2v) is 8.36. The molecular formula is C23H15BrClN3O5. The predicted octanol–water partition coefficient (Wildman–Crippen LogP) is 5.69. The van der Waals surface area contributed by atoms with Crippen LogP contribution in [-0.2, 0) is 11.4 Å². The molecule has 4 rings (SSSR count). The summed E-state index contributed by atoms with van der Waals surface area (Å²) in [5.74, 6) is -0.0869. The van der Waals surface area contributed by atoms with Gasteiger partial charge in [0, 0.05) is 27.2 Å². The largest absolute Gasteiger partial charge is 0.488 e. The number of nitrogens with zero attached hydrogens (tertiary/aromatic N) is 2. The minimum atomic E-state index is -0.581. The number of hydrogen-bond donors (Lipinski definition) is 1. The minimum absolute atomic E-state index is 0.0317. The normalized spacial score (nSPS) is 14.5. The van der Waals surface area contributed by atoms with E-state index in [0.29, 0.717) is 27.6 Å². The molecule has 33 heavy (non-hydrogen) atoms. The van der Waals surface area contributed by atoms with E-state index >= 15 is 0 Å². The van der Waals surface area contributed by atoms with Gasteiger partial charge in [0.2, 0.25) is 0 Å². The first-order chi connectivity index (χ1) is 15.8. The number of nitrogens with one attached hydrogen (secondary N) is 1. The molecule has 166 valence electrons. The van der Waals surface area contributed by atoms with Crippen LogP contribution in [0.2, 0.25) is 5.02 Å². The van der Waals surface area contributed by atoms with E-state index in [2.05, 4.69) is 21.2 Å². The van der Waals surface area contributed by atoms with Gasteiger partial charge in [0.15, 0.2) is 0 Å². The van der Waals surface area contributed by atoms with Gasteiger partial charge in [0.1, 0.15) is 18.1 Å². The second-order valence-electron chi connectivity index (χ2n) is 7.00. The molecule has 1 aliphatic rings. The highest BCUT2D eigenvalue weighted by atomic mass is 79.9. The van der Waals surface area contributed by atoms with Crippen LogP contribution in [0.25, 0.3) is 6.08 Å². The van der Waals surface area contributed by atoms with Crippen LogP contribution in [0, 0.1) is 10.1 Å². The van der Waals surface area contributed by atoms with E-state index in [1.165, 1.54) is 18.2 Å². The van der Waals surface area contributed by atoms with Crippen molar-refractivity contribution in [3.8, 4) is 5.75 Å². The van der Waals surface area contributed by atoms with Crippen LogP contribution >= 0.6 is 27.5 Å². The molecule has 3 amide bonds. The Kier molecular flexibility index (Phi) is 6.43. The Hall–Kier alpha value is -3.69. The molecule has 10 heteroatoms. The van der Waals surface area contributed by atoms with Gasteiger partial charge in [0.25, 0.3) is 11.6 Å². The van der Waals surface area contributed by atoms with Crippen LogP contribution in [0.4, 0.5) is 16.2 Å². The highest BCUT2D eigenvalue weighted by Gasteiger charge is 2.35. The lowest BCUT2D eigenvalue weighted by Gasteiger charge is -2.12. The first kappa shape index (κ1) is 22.5. The lowest BCUT2D eigenvalue weighted by molar-refractivity contribution is -0.384. The summed E-state index contributed by atoms with van der Waals surface area (Å²) in [6.07, 6.45) is 1.52. The molecule has 3 aromatic rings. The van der Waals surface area contributed by atoms with E-state index in [4.69, 9.17) is 16.3 Å². The average Bonchev–Trinajstić information content (AvgIpc) is 3.07. The molecular weight excluding hydrogens is 514 g/mol. The number of nitro groups is 1. The number of amides is 3. The Morgan fingerprint density at radius 2 is 1.85 bits per heavy atom. The summed E-state index contributed by atoms with van der Waals surface area (Å²) in [5.41, 5.74) is 1.59. The summed E-state index contributed by atoms with van der Waals surface area (Å²) in [4.78, 5) is 36.9. The van der Waals surface area contributed by atoms with Crippen LogP contribution in [0.15, 0.2) is 76.9 Å². The standard InChI is InChI=1S/C23H15BrClN3O5/c24-16-4-9-21(33-13-14-2-1-3-19(10-14)28(31)32)15(11-16)12-20-22(29)27(23(30)26-20)18-7-5-17(25)6-8-18/h1-12H,13H2,(H,26,30)/b20-12+. The van der Waals surface area contributed by atoms with Crippen molar-refractivity contribution in [1.29, 1.82) is 0 Å². The number of imide groups is 1. The number of rotatable bonds is 6. The van der Waals surface area contributed by atoms with E-state index < -0.39 is 16.9 Å². The third kappa shape index (κ3) is 5.05. The summed E-state index contributed by atoms with van der Waals surface area (Å²) < 4.78 is 6.61. The van der Waals surface area contributed by atoms with Crippen molar-refractivity contribution in [3.63, 3.8) is 0 Å². The molecule has 8 nitrogen and oxygen atoms in total. The molecule has 0 saturated carbocycles. The molecule has 1 saturated heterocycles. The lowest BCUT2D eigenvalue weighted by atomic mass is 10.1. The lowest BCUT2D eigenvalue weighted by Crippen LogP contribution is -2.30. The number of nitro benzene ring substituents is 1. The molecule has 3 aromatic carbocycles. The van der Waals surface area contributed by atoms with Crippen LogP contribution in [0.1, 0.15) is 11.1 Å². The number of benzene rings is 3. The zero-order valence-corrected chi connectivity index (χ0v) is 19.2. The van der Waals surface area contributed by atoms with Crippen LogP contribution < -0.4 is 15.0 Å². The summed E-state index contributed by atoms with van der Waals surface area (Å²) >= 11 is 9.28. The molecule has 0 radical (unpaired) electrons. The summed E-state index contributed by atoms with van der Waals surface area (Å²) in [6, 6.07) is 17.1. The maximum absolute atomic E-state index is 12.9. The Labute approximate surface area is 201 Å². The van der Waals surface area contributed by atoms with Gasteiger partial charge in [-0.2, -0.15) is 0 Å². The number of non-ortho nitro benzene ring substituents is 1. The van der Waals surface area contributed by atoms with Gasteiger partial charge in [-0.25, -0.2) is 9.69 Å². The Morgan fingerprint density at radius 1 is 1.09 bits per heavy atom. The first-order valence-electron chi connectivity index (χ1n) is 9.60. The zero-order chi connectivity index (χ0) is 23.5. The fourth-order valence-electron chi connectivity index (χ4n) is 3.20. The Bertz CT molecular complexity index is 1290. The fraction of sp³-hybridized carbons (Fsp3) is 0.0435. The number of carbonyl (C=O) groups excluding carboxylic acids is 2. The molecule has 1 aliphatic heterocycles. The van der Waals surface area contributed by atoms with E-state index in [1.54, 1.807) is 54.6 Å². The van der Waals surface area contributed by atoms with E-state index in [0.717, 1.165) is 9.37 Å². The van der Waals surface area contributed by atoms with E-state index in [-0.39, 0.29) is 18.0 Å². The maximum atomic E-state index is 12.9. The van der Waals surface area contributed by atoms with Crippen LogP contribution in [0.3, 0.4) is 0 Å². The number of ether oxygens (including phenoxy) is 1. The zero-order valence-electron chi connectivity index (χ0n) is 16.8. The highest BCUT2D eigenvalue weighted by Crippen LogP contribution is 2.29. The van der Waals surface area contributed by atoms with Crippen molar-refractivity contribution in [3.05, 3.63) is 103 Å². The summed E-state index contributed by atoms with van der Waals surface area (Å²) in [5, 5.41) is 14.1. The Balaban J connectivity index is 1.59. The van der Waals surface area contributed by atoms with Crippen molar-refractivity contribution in [2.75, 3.05) is 4.90 Å². The maximum Gasteiger partial charge on any atom is 0.333 e. The number of carbonyl (C=O) groups is 2. The number of urea groups is 1. The Morgan fingerprint density at radius 3 is 2.58 bits per heavy atom. The summed E-state index contributed by atoms with van der Waals surface area (Å²) in [6.45, 7) is 0.0801. The molecule has 1 N–H and O–H groups in total. The van der Waals surface area contributed by atoms with Gasteiger partial charge < -0.3 is 10.1 Å². The quantitative estimate of drug-likeness (QED) is 0.192. The molecule has 1 fully saturated rings. The number of hydrogen-bond acceptors (Lipinski definition) is 5. The van der Waals surface area contributed by atoms with Gasteiger partial charge >= 0.3 is 6.03 Å². The number of anilines is 1. The molecule has 0 aromatic heterocycles. The molecule has 0 spiro atoms. The van der Waals surface area contributed by atoms with Crippen LogP contribution in [0.5, 0.6) is 5.75 Å². The summed E-state index contributed by atoms with van der Waals surface area (Å²) in [7, 11) is 0. The SMILES string of the molecule is O=C1N/C(=C/c2cc(Br)ccc2OCc2cccc([N+](=O)[O-])c2)C(=O)N1c1ccc(Cl)cc1. The van der Waals surface area contributed by atoms with Crippen molar-refractivity contribution in [2.45, 2.75) is 6.61 Å². The number of halogens is 2. The second kappa shape index (κ2) is 9.43. The molecule has 0 aliphatic carbocycles. The van der Waals surface area contributed by atoms with E-state index in [9.17, 15) is 19.7 Å².